The van der Waals surface area contributed by atoms with Gasteiger partial charge >= 0.3 is 0 Å². The molecule has 1 spiro atoms. The Morgan fingerprint density at radius 3 is 2.79 bits per heavy atom. The second kappa shape index (κ2) is 5.22. The molecule has 0 saturated carbocycles. The molecule has 3 rings (SSSR count). The maximum absolute atomic E-state index is 13.3. The predicted octanol–water partition coefficient (Wildman–Crippen LogP) is 2.71. The monoisotopic (exact) mass is 262 g/mol. The summed E-state index contributed by atoms with van der Waals surface area (Å²) in [6, 6.07) is 5.51. The number of benzene rings is 1. The molecule has 2 nitrogen and oxygen atoms in total. The van der Waals surface area contributed by atoms with Crippen LogP contribution in [0.4, 0.5) is 4.39 Å². The van der Waals surface area contributed by atoms with Crippen molar-refractivity contribution in [3.8, 4) is 0 Å². The minimum atomic E-state index is -0.0972. The largest absolute Gasteiger partial charge is 0.317 e. The van der Waals surface area contributed by atoms with Gasteiger partial charge in [0, 0.05) is 13.1 Å². The maximum atomic E-state index is 13.3. The van der Waals surface area contributed by atoms with Gasteiger partial charge in [0.25, 0.3) is 0 Å². The Balaban J connectivity index is 1.63. The number of likely N-dealkylation sites (tertiary alicyclic amines) is 1. The summed E-state index contributed by atoms with van der Waals surface area (Å²) in [4.78, 5) is 2.54. The summed E-state index contributed by atoms with van der Waals surface area (Å²) in [5.74, 6) is -0.0972. The standard InChI is InChI=1S/C16H23FN2/c1-13-10-14(2-3-15(13)17)11-19-9-6-16(12-19)4-7-18-8-5-16/h2-3,10,18H,4-9,11-12H2,1H3. The highest BCUT2D eigenvalue weighted by Crippen LogP contribution is 2.39. The molecule has 2 saturated heterocycles. The van der Waals surface area contributed by atoms with Crippen molar-refractivity contribution in [3.05, 3.63) is 35.1 Å². The highest BCUT2D eigenvalue weighted by Gasteiger charge is 2.38. The van der Waals surface area contributed by atoms with Crippen LogP contribution in [0.25, 0.3) is 0 Å². The molecule has 0 atom stereocenters. The number of hydrogen-bond donors (Lipinski definition) is 1. The molecule has 0 amide bonds. The molecular weight excluding hydrogens is 239 g/mol. The molecule has 2 aliphatic rings. The van der Waals surface area contributed by atoms with Crippen LogP contribution in [-0.2, 0) is 6.54 Å². The van der Waals surface area contributed by atoms with Crippen molar-refractivity contribution in [3.63, 3.8) is 0 Å². The molecule has 1 N–H and O–H groups in total. The van der Waals surface area contributed by atoms with Crippen molar-refractivity contribution in [1.82, 2.24) is 10.2 Å². The van der Waals surface area contributed by atoms with E-state index in [-0.39, 0.29) is 5.82 Å². The van der Waals surface area contributed by atoms with Crippen molar-refractivity contribution in [2.75, 3.05) is 26.2 Å². The Hall–Kier alpha value is -0.930. The summed E-state index contributed by atoms with van der Waals surface area (Å²) >= 11 is 0. The molecule has 0 aromatic heterocycles. The number of aryl methyl sites for hydroxylation is 1. The minimum Gasteiger partial charge on any atom is -0.317 e. The third-order valence-electron chi connectivity index (χ3n) is 4.81. The highest BCUT2D eigenvalue weighted by molar-refractivity contribution is 5.24. The van der Waals surface area contributed by atoms with Gasteiger partial charge in [-0.05, 0) is 68.4 Å². The molecule has 2 aliphatic heterocycles. The van der Waals surface area contributed by atoms with E-state index in [1.165, 1.54) is 51.0 Å². The summed E-state index contributed by atoms with van der Waals surface area (Å²) < 4.78 is 13.3. The third kappa shape index (κ3) is 2.82. The molecule has 3 heteroatoms. The maximum Gasteiger partial charge on any atom is 0.126 e. The summed E-state index contributed by atoms with van der Waals surface area (Å²) in [6.07, 6.45) is 3.95. The van der Waals surface area contributed by atoms with Gasteiger partial charge in [-0.25, -0.2) is 4.39 Å². The van der Waals surface area contributed by atoms with E-state index in [0.29, 0.717) is 5.41 Å². The van der Waals surface area contributed by atoms with E-state index in [4.69, 9.17) is 0 Å². The number of nitrogens with zero attached hydrogens (tertiary/aromatic N) is 1. The van der Waals surface area contributed by atoms with E-state index >= 15 is 0 Å². The second-order valence-corrected chi connectivity index (χ2v) is 6.29. The number of hydrogen-bond acceptors (Lipinski definition) is 2. The van der Waals surface area contributed by atoms with E-state index in [1.54, 1.807) is 6.07 Å². The lowest BCUT2D eigenvalue weighted by molar-refractivity contribution is 0.194. The first kappa shape index (κ1) is 13.1. The van der Waals surface area contributed by atoms with Crippen molar-refractivity contribution >= 4 is 0 Å². The molecule has 2 heterocycles. The molecule has 0 radical (unpaired) electrons. The van der Waals surface area contributed by atoms with Crippen molar-refractivity contribution < 1.29 is 4.39 Å². The van der Waals surface area contributed by atoms with Gasteiger partial charge < -0.3 is 5.32 Å². The van der Waals surface area contributed by atoms with Crippen LogP contribution < -0.4 is 5.32 Å². The number of halogens is 1. The van der Waals surface area contributed by atoms with Gasteiger partial charge in [0.2, 0.25) is 0 Å². The van der Waals surface area contributed by atoms with Crippen LogP contribution in [0.2, 0.25) is 0 Å². The number of rotatable bonds is 2. The van der Waals surface area contributed by atoms with Crippen LogP contribution in [0.5, 0.6) is 0 Å². The fraction of sp³-hybridized carbons (Fsp3) is 0.625. The van der Waals surface area contributed by atoms with E-state index < -0.39 is 0 Å². The van der Waals surface area contributed by atoms with Gasteiger partial charge in [-0.2, -0.15) is 0 Å². The molecular formula is C16H23FN2. The van der Waals surface area contributed by atoms with Crippen LogP contribution in [0.3, 0.4) is 0 Å². The Labute approximate surface area is 115 Å². The van der Waals surface area contributed by atoms with E-state index in [9.17, 15) is 4.39 Å². The topological polar surface area (TPSA) is 15.3 Å². The smallest absolute Gasteiger partial charge is 0.126 e. The average molecular weight is 262 g/mol. The Morgan fingerprint density at radius 2 is 2.05 bits per heavy atom. The minimum absolute atomic E-state index is 0.0972. The predicted molar refractivity (Wildman–Crippen MR) is 75.6 cm³/mol. The lowest BCUT2D eigenvalue weighted by Gasteiger charge is -2.34. The van der Waals surface area contributed by atoms with Crippen LogP contribution >= 0.6 is 0 Å². The SMILES string of the molecule is Cc1cc(CN2CCC3(CCNCC3)C2)ccc1F. The normalized spacial score (nSPS) is 23.1. The number of piperidine rings is 1. The Kier molecular flexibility index (Phi) is 3.59. The second-order valence-electron chi connectivity index (χ2n) is 6.29. The molecule has 19 heavy (non-hydrogen) atoms. The first-order valence-electron chi connectivity index (χ1n) is 7.35. The molecule has 0 bridgehead atoms. The number of nitrogens with one attached hydrogen (secondary N) is 1. The van der Waals surface area contributed by atoms with Gasteiger partial charge in [-0.3, -0.25) is 4.90 Å². The zero-order chi connectivity index (χ0) is 13.3. The van der Waals surface area contributed by atoms with Crippen LogP contribution in [0, 0.1) is 18.2 Å². The highest BCUT2D eigenvalue weighted by atomic mass is 19.1. The third-order valence-corrected chi connectivity index (χ3v) is 4.81. The molecule has 104 valence electrons. The van der Waals surface area contributed by atoms with Gasteiger partial charge in [0.05, 0.1) is 0 Å². The molecule has 1 aromatic carbocycles. The molecule has 2 fully saturated rings. The van der Waals surface area contributed by atoms with E-state index in [2.05, 4.69) is 10.2 Å². The first-order valence-corrected chi connectivity index (χ1v) is 7.35. The summed E-state index contributed by atoms with van der Waals surface area (Å²) in [5, 5.41) is 3.45. The van der Waals surface area contributed by atoms with Crippen molar-refractivity contribution in [2.24, 2.45) is 5.41 Å². The molecule has 0 aliphatic carbocycles. The van der Waals surface area contributed by atoms with Crippen molar-refractivity contribution in [2.45, 2.75) is 32.7 Å². The van der Waals surface area contributed by atoms with Crippen LogP contribution in [0.1, 0.15) is 30.4 Å². The average Bonchev–Trinajstić information content (AvgIpc) is 2.78. The Bertz CT molecular complexity index is 452. The van der Waals surface area contributed by atoms with Crippen LogP contribution in [-0.4, -0.2) is 31.1 Å². The quantitative estimate of drug-likeness (QED) is 0.881. The summed E-state index contributed by atoms with van der Waals surface area (Å²) in [6.45, 7) is 7.56. The van der Waals surface area contributed by atoms with Gasteiger partial charge in [0.15, 0.2) is 0 Å². The van der Waals surface area contributed by atoms with Crippen LogP contribution in [0.15, 0.2) is 18.2 Å². The fourth-order valence-corrected chi connectivity index (χ4v) is 3.59. The van der Waals surface area contributed by atoms with Gasteiger partial charge in [-0.1, -0.05) is 12.1 Å². The fourth-order valence-electron chi connectivity index (χ4n) is 3.59. The Morgan fingerprint density at radius 1 is 1.26 bits per heavy atom. The van der Waals surface area contributed by atoms with E-state index in [1.807, 2.05) is 19.1 Å². The lowest BCUT2D eigenvalue weighted by Crippen LogP contribution is -2.38. The zero-order valence-electron chi connectivity index (χ0n) is 11.7. The lowest BCUT2D eigenvalue weighted by atomic mass is 9.78. The van der Waals surface area contributed by atoms with Gasteiger partial charge in [0.1, 0.15) is 5.82 Å². The van der Waals surface area contributed by atoms with Crippen molar-refractivity contribution in [1.29, 1.82) is 0 Å². The van der Waals surface area contributed by atoms with E-state index in [0.717, 1.165) is 12.1 Å². The summed E-state index contributed by atoms with van der Waals surface area (Å²) in [5.41, 5.74) is 2.55. The first-order chi connectivity index (χ1) is 9.17. The zero-order valence-corrected chi connectivity index (χ0v) is 11.7. The molecule has 1 aromatic rings. The molecule has 0 unspecified atom stereocenters. The summed E-state index contributed by atoms with van der Waals surface area (Å²) in [7, 11) is 0. The van der Waals surface area contributed by atoms with Gasteiger partial charge in [-0.15, -0.1) is 0 Å².